The van der Waals surface area contributed by atoms with Gasteiger partial charge in [-0.1, -0.05) is 13.8 Å². The van der Waals surface area contributed by atoms with Crippen LogP contribution in [0.5, 0.6) is 0 Å². The molecule has 0 atom stereocenters. The molecule has 0 heterocycles. The number of carbonyl (C=O) groups excluding carboxylic acids is 1. The number of amides is 1. The van der Waals surface area contributed by atoms with Gasteiger partial charge in [0.25, 0.3) is 5.91 Å². The minimum absolute atomic E-state index is 0.101. The minimum Gasteiger partial charge on any atom is -0.398 e. The van der Waals surface area contributed by atoms with Crippen LogP contribution in [-0.2, 0) is 0 Å². The number of nitrogens with two attached hydrogens (primary N) is 1. The minimum atomic E-state index is -0.101. The normalized spacial score (nSPS) is 10.6. The largest absolute Gasteiger partial charge is 0.398 e. The number of anilines is 1. The van der Waals surface area contributed by atoms with Gasteiger partial charge in [-0.15, -0.1) is 11.8 Å². The number of thioether (sulfide) groups is 1. The second-order valence-electron chi connectivity index (χ2n) is 4.36. The molecule has 3 nitrogen and oxygen atoms in total. The molecule has 0 aromatic heterocycles. The van der Waals surface area contributed by atoms with Crippen LogP contribution in [0.2, 0.25) is 0 Å². The summed E-state index contributed by atoms with van der Waals surface area (Å²) in [6.45, 7) is 4.41. The van der Waals surface area contributed by atoms with E-state index >= 15 is 0 Å². The standard InChI is InChI=1S/C13H20N2OS/c1-9(2)6-7-17-12-5-4-10(8-11(12)14)13(16)15-3/h4-5,8-9H,6-7,14H2,1-3H3,(H,15,16). The zero-order valence-electron chi connectivity index (χ0n) is 10.6. The van der Waals surface area contributed by atoms with E-state index in [1.807, 2.05) is 12.1 Å². The number of rotatable bonds is 5. The van der Waals surface area contributed by atoms with Crippen LogP contribution >= 0.6 is 11.8 Å². The summed E-state index contributed by atoms with van der Waals surface area (Å²) in [5.41, 5.74) is 7.22. The van der Waals surface area contributed by atoms with Crippen LogP contribution in [0.3, 0.4) is 0 Å². The molecule has 0 saturated heterocycles. The van der Waals surface area contributed by atoms with Gasteiger partial charge in [0.1, 0.15) is 0 Å². The van der Waals surface area contributed by atoms with Gasteiger partial charge in [-0.25, -0.2) is 0 Å². The molecule has 3 N–H and O–H groups in total. The molecule has 0 bridgehead atoms. The molecule has 4 heteroatoms. The zero-order chi connectivity index (χ0) is 12.8. The second-order valence-corrected chi connectivity index (χ2v) is 5.50. The van der Waals surface area contributed by atoms with Crippen molar-refractivity contribution in [2.24, 2.45) is 5.92 Å². The van der Waals surface area contributed by atoms with Gasteiger partial charge >= 0.3 is 0 Å². The van der Waals surface area contributed by atoms with Crippen molar-refractivity contribution in [1.82, 2.24) is 5.32 Å². The first-order valence-electron chi connectivity index (χ1n) is 5.79. The smallest absolute Gasteiger partial charge is 0.251 e. The molecule has 1 amide bonds. The molecule has 0 fully saturated rings. The highest BCUT2D eigenvalue weighted by atomic mass is 32.2. The van der Waals surface area contributed by atoms with E-state index in [0.717, 1.165) is 10.6 Å². The van der Waals surface area contributed by atoms with Gasteiger partial charge < -0.3 is 11.1 Å². The first kappa shape index (κ1) is 13.9. The molecule has 0 aliphatic rings. The highest BCUT2D eigenvalue weighted by Crippen LogP contribution is 2.27. The Hall–Kier alpha value is -1.16. The van der Waals surface area contributed by atoms with Crippen LogP contribution in [0.15, 0.2) is 23.1 Å². The third-order valence-electron chi connectivity index (χ3n) is 2.45. The monoisotopic (exact) mass is 252 g/mol. The van der Waals surface area contributed by atoms with E-state index in [4.69, 9.17) is 5.73 Å². The lowest BCUT2D eigenvalue weighted by molar-refractivity contribution is 0.0963. The molecule has 1 rings (SSSR count). The SMILES string of the molecule is CNC(=O)c1ccc(SCCC(C)C)c(N)c1. The fourth-order valence-corrected chi connectivity index (χ4v) is 2.57. The van der Waals surface area contributed by atoms with Crippen molar-refractivity contribution in [1.29, 1.82) is 0 Å². The van der Waals surface area contributed by atoms with Crippen LogP contribution < -0.4 is 11.1 Å². The van der Waals surface area contributed by atoms with Crippen molar-refractivity contribution >= 4 is 23.4 Å². The van der Waals surface area contributed by atoms with Gasteiger partial charge in [-0.3, -0.25) is 4.79 Å². The Labute approximate surface area is 107 Å². The summed E-state index contributed by atoms with van der Waals surface area (Å²) in [4.78, 5) is 12.5. The molecular weight excluding hydrogens is 232 g/mol. The maximum absolute atomic E-state index is 11.4. The van der Waals surface area contributed by atoms with Crippen molar-refractivity contribution in [3.05, 3.63) is 23.8 Å². The molecule has 0 spiro atoms. The van der Waals surface area contributed by atoms with Gasteiger partial charge in [0.2, 0.25) is 0 Å². The summed E-state index contributed by atoms with van der Waals surface area (Å²) >= 11 is 1.75. The molecule has 0 aliphatic heterocycles. The third kappa shape index (κ3) is 4.30. The summed E-state index contributed by atoms with van der Waals surface area (Å²) in [5, 5.41) is 2.58. The van der Waals surface area contributed by atoms with Crippen molar-refractivity contribution in [3.8, 4) is 0 Å². The zero-order valence-corrected chi connectivity index (χ0v) is 11.4. The quantitative estimate of drug-likeness (QED) is 0.626. The maximum Gasteiger partial charge on any atom is 0.251 e. The Morgan fingerprint density at radius 1 is 1.47 bits per heavy atom. The van der Waals surface area contributed by atoms with Crippen LogP contribution in [0, 0.1) is 5.92 Å². The van der Waals surface area contributed by atoms with Gasteiger partial charge in [0, 0.05) is 23.2 Å². The molecule has 1 aromatic rings. The Morgan fingerprint density at radius 2 is 2.18 bits per heavy atom. The van der Waals surface area contributed by atoms with Crippen molar-refractivity contribution in [2.45, 2.75) is 25.2 Å². The van der Waals surface area contributed by atoms with Gasteiger partial charge in [-0.2, -0.15) is 0 Å². The van der Waals surface area contributed by atoms with Gasteiger partial charge in [0.15, 0.2) is 0 Å². The van der Waals surface area contributed by atoms with E-state index in [1.54, 1.807) is 24.9 Å². The third-order valence-corrected chi connectivity index (χ3v) is 3.57. The Morgan fingerprint density at radius 3 is 2.71 bits per heavy atom. The molecule has 0 saturated carbocycles. The molecule has 0 aliphatic carbocycles. The highest BCUT2D eigenvalue weighted by Gasteiger charge is 2.07. The average Bonchev–Trinajstić information content (AvgIpc) is 2.29. The summed E-state index contributed by atoms with van der Waals surface area (Å²) in [7, 11) is 1.61. The molecule has 0 unspecified atom stereocenters. The number of nitrogens with one attached hydrogen (secondary N) is 1. The van der Waals surface area contributed by atoms with Crippen LogP contribution in [0.25, 0.3) is 0 Å². The van der Waals surface area contributed by atoms with Gasteiger partial charge in [0.05, 0.1) is 0 Å². The van der Waals surface area contributed by atoms with E-state index in [9.17, 15) is 4.79 Å². The molecule has 0 radical (unpaired) electrons. The molecule has 94 valence electrons. The van der Waals surface area contributed by atoms with E-state index in [1.165, 1.54) is 6.42 Å². The topological polar surface area (TPSA) is 55.1 Å². The van der Waals surface area contributed by atoms with Crippen LogP contribution in [0.4, 0.5) is 5.69 Å². The lowest BCUT2D eigenvalue weighted by Gasteiger charge is -2.08. The summed E-state index contributed by atoms with van der Waals surface area (Å²) in [6.07, 6.45) is 1.17. The van der Waals surface area contributed by atoms with Crippen molar-refractivity contribution < 1.29 is 4.79 Å². The molecule has 17 heavy (non-hydrogen) atoms. The first-order valence-corrected chi connectivity index (χ1v) is 6.77. The maximum atomic E-state index is 11.4. The second kappa shape index (κ2) is 6.55. The number of hydrogen-bond acceptors (Lipinski definition) is 3. The Kier molecular flexibility index (Phi) is 5.35. The molecular formula is C13H20N2OS. The average molecular weight is 252 g/mol. The van der Waals surface area contributed by atoms with Crippen LogP contribution in [0.1, 0.15) is 30.6 Å². The van der Waals surface area contributed by atoms with Crippen molar-refractivity contribution in [3.63, 3.8) is 0 Å². The predicted molar refractivity (Wildman–Crippen MR) is 74.4 cm³/mol. The number of benzene rings is 1. The number of nitrogen functional groups attached to an aromatic ring is 1. The Bertz CT molecular complexity index is 391. The summed E-state index contributed by atoms with van der Waals surface area (Å²) in [5.74, 6) is 1.66. The predicted octanol–water partition coefficient (Wildman–Crippen LogP) is 2.77. The summed E-state index contributed by atoms with van der Waals surface area (Å²) < 4.78 is 0. The lowest BCUT2D eigenvalue weighted by Crippen LogP contribution is -2.17. The highest BCUT2D eigenvalue weighted by molar-refractivity contribution is 7.99. The van der Waals surface area contributed by atoms with Crippen LogP contribution in [-0.4, -0.2) is 18.7 Å². The number of carbonyl (C=O) groups is 1. The fourth-order valence-electron chi connectivity index (χ4n) is 1.37. The molecule has 1 aromatic carbocycles. The number of hydrogen-bond donors (Lipinski definition) is 2. The van der Waals surface area contributed by atoms with E-state index in [2.05, 4.69) is 19.2 Å². The fraction of sp³-hybridized carbons (Fsp3) is 0.462. The Balaban J connectivity index is 2.66. The van der Waals surface area contributed by atoms with Gasteiger partial charge in [-0.05, 0) is 36.3 Å². The van der Waals surface area contributed by atoms with E-state index in [-0.39, 0.29) is 5.91 Å². The van der Waals surface area contributed by atoms with E-state index in [0.29, 0.717) is 17.2 Å². The van der Waals surface area contributed by atoms with Crippen molar-refractivity contribution in [2.75, 3.05) is 18.5 Å². The first-order chi connectivity index (χ1) is 8.04. The van der Waals surface area contributed by atoms with E-state index < -0.39 is 0 Å². The summed E-state index contributed by atoms with van der Waals surface area (Å²) in [6, 6.07) is 5.47. The lowest BCUT2D eigenvalue weighted by atomic mass is 10.2.